The first-order valence-electron chi connectivity index (χ1n) is 5.91. The van der Waals surface area contributed by atoms with E-state index in [2.05, 4.69) is 0 Å². The predicted octanol–water partition coefficient (Wildman–Crippen LogP) is 4.63. The SMILES string of the molecule is C[C@@H](O)c1ccccc1OCc1ccc(Cl)c(Cl)c1. The minimum Gasteiger partial charge on any atom is -0.489 e. The van der Waals surface area contributed by atoms with Crippen LogP contribution in [0.15, 0.2) is 42.5 Å². The lowest BCUT2D eigenvalue weighted by atomic mass is 10.1. The van der Waals surface area contributed by atoms with Crippen molar-refractivity contribution < 1.29 is 9.84 Å². The maximum Gasteiger partial charge on any atom is 0.125 e. The van der Waals surface area contributed by atoms with E-state index in [0.717, 1.165) is 11.1 Å². The van der Waals surface area contributed by atoms with Crippen LogP contribution in [0.1, 0.15) is 24.2 Å². The van der Waals surface area contributed by atoms with Gasteiger partial charge in [0.2, 0.25) is 0 Å². The summed E-state index contributed by atoms with van der Waals surface area (Å²) in [6.45, 7) is 2.09. The smallest absolute Gasteiger partial charge is 0.125 e. The average Bonchev–Trinajstić information content (AvgIpc) is 2.40. The van der Waals surface area contributed by atoms with Gasteiger partial charge in [-0.2, -0.15) is 0 Å². The fourth-order valence-corrected chi connectivity index (χ4v) is 2.07. The highest BCUT2D eigenvalue weighted by atomic mass is 35.5. The lowest BCUT2D eigenvalue weighted by Crippen LogP contribution is -2.00. The number of hydrogen-bond donors (Lipinski definition) is 1. The zero-order valence-electron chi connectivity index (χ0n) is 10.4. The molecule has 0 unspecified atom stereocenters. The molecule has 2 nitrogen and oxygen atoms in total. The van der Waals surface area contributed by atoms with Gasteiger partial charge in [0.15, 0.2) is 0 Å². The average molecular weight is 297 g/mol. The van der Waals surface area contributed by atoms with Crippen LogP contribution in [0.25, 0.3) is 0 Å². The van der Waals surface area contributed by atoms with E-state index < -0.39 is 6.10 Å². The number of para-hydroxylation sites is 1. The zero-order valence-corrected chi connectivity index (χ0v) is 11.9. The standard InChI is InChI=1S/C15H14Cl2O2/c1-10(18)12-4-2-3-5-15(12)19-9-11-6-7-13(16)14(17)8-11/h2-8,10,18H,9H2,1H3/t10-/m1/s1. The van der Waals surface area contributed by atoms with Gasteiger partial charge in [-0.3, -0.25) is 0 Å². The minimum absolute atomic E-state index is 0.376. The topological polar surface area (TPSA) is 29.5 Å². The number of ether oxygens (including phenoxy) is 1. The largest absolute Gasteiger partial charge is 0.489 e. The second kappa shape index (κ2) is 6.29. The maximum atomic E-state index is 9.66. The van der Waals surface area contributed by atoms with Crippen molar-refractivity contribution in [2.24, 2.45) is 0 Å². The first-order chi connectivity index (χ1) is 9.08. The maximum absolute atomic E-state index is 9.66. The molecule has 4 heteroatoms. The van der Waals surface area contributed by atoms with E-state index >= 15 is 0 Å². The van der Waals surface area contributed by atoms with E-state index in [1.165, 1.54) is 0 Å². The summed E-state index contributed by atoms with van der Waals surface area (Å²) < 4.78 is 5.72. The Balaban J connectivity index is 2.12. The van der Waals surface area contributed by atoms with Crippen LogP contribution in [0.3, 0.4) is 0 Å². The van der Waals surface area contributed by atoms with Crippen molar-refractivity contribution in [2.75, 3.05) is 0 Å². The molecule has 100 valence electrons. The van der Waals surface area contributed by atoms with Crippen LogP contribution in [-0.2, 0) is 6.61 Å². The summed E-state index contributed by atoms with van der Waals surface area (Å²) in [6, 6.07) is 12.8. The highest BCUT2D eigenvalue weighted by Crippen LogP contribution is 2.27. The Hall–Kier alpha value is -1.22. The number of benzene rings is 2. The Morgan fingerprint density at radius 3 is 2.53 bits per heavy atom. The molecule has 1 atom stereocenters. The highest BCUT2D eigenvalue weighted by molar-refractivity contribution is 6.42. The highest BCUT2D eigenvalue weighted by Gasteiger charge is 2.08. The molecule has 19 heavy (non-hydrogen) atoms. The molecular formula is C15H14Cl2O2. The fourth-order valence-electron chi connectivity index (χ4n) is 1.75. The quantitative estimate of drug-likeness (QED) is 0.891. The molecule has 0 aromatic heterocycles. The summed E-state index contributed by atoms with van der Waals surface area (Å²) in [7, 11) is 0. The summed E-state index contributed by atoms with van der Waals surface area (Å²) in [4.78, 5) is 0. The van der Waals surface area contributed by atoms with Gasteiger partial charge in [-0.25, -0.2) is 0 Å². The summed E-state index contributed by atoms with van der Waals surface area (Å²) in [5, 5.41) is 10.7. The Morgan fingerprint density at radius 1 is 1.11 bits per heavy atom. The van der Waals surface area contributed by atoms with Crippen molar-refractivity contribution in [1.82, 2.24) is 0 Å². The Kier molecular flexibility index (Phi) is 4.70. The number of aliphatic hydroxyl groups is 1. The van der Waals surface area contributed by atoms with Gasteiger partial charge in [0.05, 0.1) is 16.1 Å². The number of hydrogen-bond acceptors (Lipinski definition) is 2. The van der Waals surface area contributed by atoms with Gasteiger partial charge >= 0.3 is 0 Å². The first kappa shape index (κ1) is 14.2. The summed E-state index contributed by atoms with van der Waals surface area (Å²) in [5.74, 6) is 0.670. The van der Waals surface area contributed by atoms with Crippen molar-refractivity contribution in [3.63, 3.8) is 0 Å². The summed E-state index contributed by atoms with van der Waals surface area (Å²) >= 11 is 11.8. The molecule has 1 N–H and O–H groups in total. The molecule has 0 saturated carbocycles. The van der Waals surface area contributed by atoms with E-state index in [9.17, 15) is 5.11 Å². The second-order valence-electron chi connectivity index (χ2n) is 4.25. The van der Waals surface area contributed by atoms with Crippen molar-refractivity contribution in [2.45, 2.75) is 19.6 Å². The van der Waals surface area contributed by atoms with Gasteiger partial charge in [-0.05, 0) is 30.7 Å². The van der Waals surface area contributed by atoms with Gasteiger partial charge in [0.1, 0.15) is 12.4 Å². The van der Waals surface area contributed by atoms with Crippen molar-refractivity contribution in [3.05, 3.63) is 63.6 Å². The Labute approximate surface area is 122 Å². The molecule has 0 aliphatic rings. The third-order valence-electron chi connectivity index (χ3n) is 2.75. The normalized spacial score (nSPS) is 12.2. The molecule has 0 amide bonds. The van der Waals surface area contributed by atoms with E-state index in [-0.39, 0.29) is 0 Å². The van der Waals surface area contributed by atoms with Crippen LogP contribution < -0.4 is 4.74 Å². The molecule has 0 spiro atoms. The molecule has 0 fully saturated rings. The number of aliphatic hydroxyl groups excluding tert-OH is 1. The summed E-state index contributed by atoms with van der Waals surface area (Å²) in [5.41, 5.74) is 1.69. The molecule has 2 rings (SSSR count). The Bertz CT molecular complexity index is 568. The van der Waals surface area contributed by atoms with Crippen molar-refractivity contribution >= 4 is 23.2 Å². The van der Waals surface area contributed by atoms with Gasteiger partial charge in [-0.15, -0.1) is 0 Å². The van der Waals surface area contributed by atoms with Gasteiger partial charge < -0.3 is 9.84 Å². The predicted molar refractivity (Wildman–Crippen MR) is 77.9 cm³/mol. The molecule has 0 saturated heterocycles. The lowest BCUT2D eigenvalue weighted by molar-refractivity contribution is 0.190. The van der Waals surface area contributed by atoms with E-state index in [1.807, 2.05) is 30.3 Å². The molecule has 0 aliphatic carbocycles. The molecule has 0 bridgehead atoms. The molecule has 0 radical (unpaired) electrons. The molecular weight excluding hydrogens is 283 g/mol. The Morgan fingerprint density at radius 2 is 1.84 bits per heavy atom. The zero-order chi connectivity index (χ0) is 13.8. The first-order valence-corrected chi connectivity index (χ1v) is 6.67. The van der Waals surface area contributed by atoms with Gasteiger partial charge in [0.25, 0.3) is 0 Å². The number of rotatable bonds is 4. The number of halogens is 2. The van der Waals surface area contributed by atoms with Crippen LogP contribution in [-0.4, -0.2) is 5.11 Å². The van der Waals surface area contributed by atoms with Crippen molar-refractivity contribution in [3.8, 4) is 5.75 Å². The van der Waals surface area contributed by atoms with E-state index in [0.29, 0.717) is 22.4 Å². The van der Waals surface area contributed by atoms with Crippen LogP contribution in [0, 0.1) is 0 Å². The van der Waals surface area contributed by atoms with E-state index in [4.69, 9.17) is 27.9 Å². The fraction of sp³-hybridized carbons (Fsp3) is 0.200. The van der Waals surface area contributed by atoms with Crippen LogP contribution in [0.4, 0.5) is 0 Å². The van der Waals surface area contributed by atoms with Crippen LogP contribution in [0.5, 0.6) is 5.75 Å². The second-order valence-corrected chi connectivity index (χ2v) is 5.07. The third kappa shape index (κ3) is 3.63. The van der Waals surface area contributed by atoms with Crippen molar-refractivity contribution in [1.29, 1.82) is 0 Å². The van der Waals surface area contributed by atoms with Gasteiger partial charge in [-0.1, -0.05) is 47.5 Å². The molecule has 0 heterocycles. The van der Waals surface area contributed by atoms with Gasteiger partial charge in [0, 0.05) is 5.56 Å². The lowest BCUT2D eigenvalue weighted by Gasteiger charge is -2.13. The molecule has 0 aliphatic heterocycles. The van der Waals surface area contributed by atoms with Crippen LogP contribution in [0.2, 0.25) is 10.0 Å². The monoisotopic (exact) mass is 296 g/mol. The third-order valence-corrected chi connectivity index (χ3v) is 3.49. The molecule has 2 aromatic carbocycles. The van der Waals surface area contributed by atoms with Crippen LogP contribution >= 0.6 is 23.2 Å². The summed E-state index contributed by atoms with van der Waals surface area (Å²) in [6.07, 6.45) is -0.565. The minimum atomic E-state index is -0.565. The van der Waals surface area contributed by atoms with E-state index in [1.54, 1.807) is 19.1 Å². The molecule has 2 aromatic rings.